The van der Waals surface area contributed by atoms with Crippen molar-refractivity contribution in [2.24, 2.45) is 0 Å². The van der Waals surface area contributed by atoms with Gasteiger partial charge in [-0.3, -0.25) is 9.78 Å². The van der Waals surface area contributed by atoms with Crippen molar-refractivity contribution in [3.05, 3.63) is 67.0 Å². The Bertz CT molecular complexity index is 1490. The zero-order valence-corrected chi connectivity index (χ0v) is 19.0. The number of benzene rings is 2. The molecular weight excluding hydrogens is 432 g/mol. The Hall–Kier alpha value is -4.60. The first kappa shape index (κ1) is 21.3. The van der Waals surface area contributed by atoms with Gasteiger partial charge in [-0.1, -0.05) is 35.5 Å². The molecule has 0 spiro atoms. The Morgan fingerprint density at radius 2 is 1.85 bits per heavy atom. The molecule has 3 heterocycles. The molecule has 0 atom stereocenters. The van der Waals surface area contributed by atoms with E-state index in [2.05, 4.69) is 15.3 Å². The molecule has 10 nitrogen and oxygen atoms in total. The summed E-state index contributed by atoms with van der Waals surface area (Å²) in [7, 11) is 5.00. The van der Waals surface area contributed by atoms with Gasteiger partial charge in [-0.2, -0.15) is 0 Å². The van der Waals surface area contributed by atoms with Crippen LogP contribution in [0.15, 0.2) is 67.0 Å². The van der Waals surface area contributed by atoms with Crippen LogP contribution in [0.3, 0.4) is 0 Å². The molecule has 0 radical (unpaired) electrons. The minimum atomic E-state index is -0.0910. The van der Waals surface area contributed by atoms with Crippen molar-refractivity contribution in [1.29, 1.82) is 0 Å². The number of hydrogen-bond donors (Lipinski definition) is 0. The fraction of sp³-hybridized carbons (Fsp3) is 0.167. The molecule has 3 aromatic heterocycles. The molecule has 0 aliphatic heterocycles. The van der Waals surface area contributed by atoms with E-state index in [4.69, 9.17) is 14.8 Å². The summed E-state index contributed by atoms with van der Waals surface area (Å²) in [4.78, 5) is 22.9. The highest BCUT2D eigenvalue weighted by molar-refractivity contribution is 5.84. The number of fused-ring (bicyclic) bond motifs is 1. The molecule has 0 bridgehead atoms. The molecule has 2 aromatic carbocycles. The van der Waals surface area contributed by atoms with E-state index in [1.165, 1.54) is 9.58 Å². The smallest absolute Gasteiger partial charge is 0.243 e. The number of aromatic nitrogens is 7. The Labute approximate surface area is 195 Å². The third-order valence-electron chi connectivity index (χ3n) is 5.33. The van der Waals surface area contributed by atoms with Gasteiger partial charge < -0.3 is 9.64 Å². The maximum Gasteiger partial charge on any atom is 0.243 e. The normalized spacial score (nSPS) is 11.0. The number of amides is 1. The molecule has 1 amide bonds. The summed E-state index contributed by atoms with van der Waals surface area (Å²) in [5, 5.41) is 15.2. The van der Waals surface area contributed by atoms with Crippen molar-refractivity contribution in [2.75, 3.05) is 21.2 Å². The van der Waals surface area contributed by atoms with Crippen molar-refractivity contribution < 1.29 is 9.53 Å². The fourth-order valence-electron chi connectivity index (χ4n) is 3.47. The van der Waals surface area contributed by atoms with E-state index in [0.717, 1.165) is 16.5 Å². The van der Waals surface area contributed by atoms with Crippen LogP contribution < -0.4 is 4.74 Å². The Morgan fingerprint density at radius 1 is 1.03 bits per heavy atom. The van der Waals surface area contributed by atoms with Gasteiger partial charge in [-0.25, -0.2) is 14.3 Å². The average molecular weight is 454 g/mol. The number of pyridine rings is 1. The molecule has 0 aliphatic carbocycles. The molecule has 0 fully saturated rings. The molecular formula is C24H22N8O2. The third-order valence-corrected chi connectivity index (χ3v) is 5.33. The van der Waals surface area contributed by atoms with Crippen molar-refractivity contribution in [3.63, 3.8) is 0 Å². The highest BCUT2D eigenvalue weighted by Crippen LogP contribution is 2.26. The van der Waals surface area contributed by atoms with Gasteiger partial charge in [0.1, 0.15) is 18.0 Å². The SMILES string of the molecule is COc1cccc(-n2nc(-c3cc4ccccc4cn3)nc2-c2cn(CC(=O)N(C)C)nn2)c1. The number of carbonyl (C=O) groups is 1. The summed E-state index contributed by atoms with van der Waals surface area (Å²) < 4.78 is 8.54. The number of nitrogens with zero attached hydrogens (tertiary/aromatic N) is 8. The second-order valence-corrected chi connectivity index (χ2v) is 7.88. The van der Waals surface area contributed by atoms with Crippen molar-refractivity contribution in [2.45, 2.75) is 6.54 Å². The van der Waals surface area contributed by atoms with E-state index < -0.39 is 0 Å². The standard InChI is InChI=1S/C24H22N8O2/c1-30(2)22(33)15-31-14-21(27-29-31)24-26-23(20-11-16-7-4-5-8-17(16)13-25-20)28-32(24)18-9-6-10-19(12-18)34-3/h4-14H,15H2,1-3H3. The first-order valence-corrected chi connectivity index (χ1v) is 10.6. The van der Waals surface area contributed by atoms with E-state index in [1.54, 1.807) is 38.3 Å². The van der Waals surface area contributed by atoms with Gasteiger partial charge in [0.05, 0.1) is 19.0 Å². The number of methoxy groups -OCH3 is 1. The quantitative estimate of drug-likeness (QED) is 0.389. The summed E-state index contributed by atoms with van der Waals surface area (Å²) in [6.07, 6.45) is 3.49. The molecule has 34 heavy (non-hydrogen) atoms. The largest absolute Gasteiger partial charge is 0.497 e. The van der Waals surface area contributed by atoms with Crippen molar-refractivity contribution in [1.82, 2.24) is 39.6 Å². The average Bonchev–Trinajstić information content (AvgIpc) is 3.51. The maximum absolute atomic E-state index is 12.1. The third kappa shape index (κ3) is 4.08. The van der Waals surface area contributed by atoms with Crippen LogP contribution in [-0.2, 0) is 11.3 Å². The predicted molar refractivity (Wildman–Crippen MR) is 126 cm³/mol. The molecule has 0 saturated heterocycles. The lowest BCUT2D eigenvalue weighted by atomic mass is 10.1. The topological polar surface area (TPSA) is 104 Å². The van der Waals surface area contributed by atoms with Crippen LogP contribution in [0.5, 0.6) is 5.75 Å². The Kier molecular flexibility index (Phi) is 5.46. The number of ether oxygens (including phenoxy) is 1. The minimum absolute atomic E-state index is 0.0758. The van der Waals surface area contributed by atoms with Gasteiger partial charge in [0.25, 0.3) is 0 Å². The first-order chi connectivity index (χ1) is 16.5. The van der Waals surface area contributed by atoms with Crippen LogP contribution in [0.1, 0.15) is 0 Å². The van der Waals surface area contributed by atoms with Gasteiger partial charge in [0, 0.05) is 31.7 Å². The van der Waals surface area contributed by atoms with Crippen LogP contribution >= 0.6 is 0 Å². The summed E-state index contributed by atoms with van der Waals surface area (Å²) in [6, 6.07) is 17.4. The number of hydrogen-bond acceptors (Lipinski definition) is 7. The predicted octanol–water partition coefficient (Wildman–Crippen LogP) is 2.84. The molecule has 5 rings (SSSR count). The van der Waals surface area contributed by atoms with Gasteiger partial charge in [0.15, 0.2) is 11.5 Å². The van der Waals surface area contributed by atoms with E-state index in [-0.39, 0.29) is 12.5 Å². The van der Waals surface area contributed by atoms with Gasteiger partial charge >= 0.3 is 0 Å². The van der Waals surface area contributed by atoms with Crippen LogP contribution in [0, 0.1) is 0 Å². The maximum atomic E-state index is 12.1. The van der Waals surface area contributed by atoms with Gasteiger partial charge in [-0.05, 0) is 23.6 Å². The Balaban J connectivity index is 1.61. The molecule has 0 unspecified atom stereocenters. The van der Waals surface area contributed by atoms with Crippen LogP contribution in [0.4, 0.5) is 0 Å². The molecule has 0 N–H and O–H groups in total. The van der Waals surface area contributed by atoms with E-state index in [0.29, 0.717) is 28.8 Å². The lowest BCUT2D eigenvalue weighted by Crippen LogP contribution is -2.26. The summed E-state index contributed by atoms with van der Waals surface area (Å²) in [5.41, 5.74) is 1.86. The fourth-order valence-corrected chi connectivity index (χ4v) is 3.47. The second-order valence-electron chi connectivity index (χ2n) is 7.88. The van der Waals surface area contributed by atoms with Crippen molar-refractivity contribution >= 4 is 16.7 Å². The Morgan fingerprint density at radius 3 is 2.65 bits per heavy atom. The number of rotatable bonds is 6. The van der Waals surface area contributed by atoms with Gasteiger partial charge in [0.2, 0.25) is 11.7 Å². The van der Waals surface area contributed by atoms with Crippen LogP contribution in [-0.4, -0.2) is 66.8 Å². The number of likely N-dealkylation sites (N-methyl/N-ethyl adjacent to an activating group) is 1. The first-order valence-electron chi connectivity index (χ1n) is 10.6. The number of carbonyl (C=O) groups excluding carboxylic acids is 1. The van der Waals surface area contributed by atoms with E-state index in [9.17, 15) is 4.79 Å². The minimum Gasteiger partial charge on any atom is -0.497 e. The van der Waals surface area contributed by atoms with Crippen LogP contribution in [0.25, 0.3) is 39.5 Å². The lowest BCUT2D eigenvalue weighted by molar-refractivity contribution is -0.129. The summed E-state index contributed by atoms with van der Waals surface area (Å²) >= 11 is 0. The monoisotopic (exact) mass is 454 g/mol. The molecule has 10 heteroatoms. The zero-order valence-electron chi connectivity index (χ0n) is 19.0. The summed E-state index contributed by atoms with van der Waals surface area (Å²) in [6.45, 7) is 0.0758. The lowest BCUT2D eigenvalue weighted by Gasteiger charge is -2.08. The molecule has 0 aliphatic rings. The second kappa shape index (κ2) is 8.74. The summed E-state index contributed by atoms with van der Waals surface area (Å²) in [5.74, 6) is 1.51. The van der Waals surface area contributed by atoms with Crippen molar-refractivity contribution in [3.8, 4) is 34.5 Å². The zero-order chi connectivity index (χ0) is 23.7. The molecule has 0 saturated carbocycles. The van der Waals surface area contributed by atoms with Gasteiger partial charge in [-0.15, -0.1) is 10.2 Å². The van der Waals surface area contributed by atoms with E-state index in [1.807, 2.05) is 54.6 Å². The highest BCUT2D eigenvalue weighted by Gasteiger charge is 2.20. The molecule has 5 aromatic rings. The highest BCUT2D eigenvalue weighted by atomic mass is 16.5. The van der Waals surface area contributed by atoms with E-state index >= 15 is 0 Å². The molecule has 170 valence electrons. The van der Waals surface area contributed by atoms with Crippen LogP contribution in [0.2, 0.25) is 0 Å².